The maximum absolute atomic E-state index is 13.5. The Morgan fingerprint density at radius 1 is 0.841 bits per heavy atom. The number of aromatic hydroxyl groups is 1. The lowest BCUT2D eigenvalue weighted by Crippen LogP contribution is -2.56. The van der Waals surface area contributed by atoms with Gasteiger partial charge < -0.3 is 25.7 Å². The highest BCUT2D eigenvalue weighted by molar-refractivity contribution is 5.96. The molecule has 4 aromatic carbocycles. The first-order valence-corrected chi connectivity index (χ1v) is 15.0. The zero-order valence-electron chi connectivity index (χ0n) is 25.5. The third-order valence-corrected chi connectivity index (χ3v) is 7.95. The van der Waals surface area contributed by atoms with Crippen LogP contribution in [0.1, 0.15) is 47.3 Å². The van der Waals surface area contributed by atoms with Crippen LogP contribution in [-0.4, -0.2) is 64.1 Å². The lowest BCUT2D eigenvalue weighted by atomic mass is 9.92. The Morgan fingerprint density at radius 3 is 2.25 bits per heavy atom. The number of nitrogens with one attached hydrogen (secondary N) is 2. The van der Waals surface area contributed by atoms with Crippen molar-refractivity contribution in [1.82, 2.24) is 15.5 Å². The molecule has 0 radical (unpaired) electrons. The van der Waals surface area contributed by atoms with E-state index in [4.69, 9.17) is 0 Å². The summed E-state index contributed by atoms with van der Waals surface area (Å²) in [4.78, 5) is 41.5. The second kappa shape index (κ2) is 15.2. The normalized spacial score (nSPS) is 13.1. The van der Waals surface area contributed by atoms with Crippen molar-refractivity contribution in [2.45, 2.75) is 58.2 Å². The molecule has 0 bridgehead atoms. The average Bonchev–Trinajstić information content (AvgIpc) is 3.01. The monoisotopic (exact) mass is 595 g/mol. The third kappa shape index (κ3) is 8.02. The van der Waals surface area contributed by atoms with Gasteiger partial charge in [-0.2, -0.15) is 0 Å². The highest BCUT2D eigenvalue weighted by Crippen LogP contribution is 2.26. The molecule has 8 heteroatoms. The number of fused-ring (bicyclic) bond motifs is 1. The minimum atomic E-state index is -1.02. The Balaban J connectivity index is 1.66. The van der Waals surface area contributed by atoms with Gasteiger partial charge in [0, 0.05) is 43.6 Å². The number of aliphatic hydroxyl groups excluding tert-OH is 1. The second-order valence-corrected chi connectivity index (χ2v) is 11.1. The predicted octanol–water partition coefficient (Wildman–Crippen LogP) is 4.54. The third-order valence-electron chi connectivity index (χ3n) is 7.95. The number of benzene rings is 4. The van der Waals surface area contributed by atoms with Crippen molar-refractivity contribution < 1.29 is 24.6 Å². The number of aliphatic hydroxyl groups is 1. The summed E-state index contributed by atoms with van der Waals surface area (Å²) in [6, 6.07) is 26.9. The first-order chi connectivity index (χ1) is 21.2. The van der Waals surface area contributed by atoms with Crippen molar-refractivity contribution in [2.24, 2.45) is 0 Å². The first-order valence-electron chi connectivity index (χ1n) is 15.0. The van der Waals surface area contributed by atoms with Crippen LogP contribution in [0.5, 0.6) is 5.75 Å². The van der Waals surface area contributed by atoms with Crippen molar-refractivity contribution in [1.29, 1.82) is 0 Å². The second-order valence-electron chi connectivity index (χ2n) is 11.1. The van der Waals surface area contributed by atoms with Crippen LogP contribution in [-0.2, 0) is 22.4 Å². The molecule has 230 valence electrons. The molecule has 3 unspecified atom stereocenters. The van der Waals surface area contributed by atoms with Gasteiger partial charge in [0.15, 0.2) is 0 Å². The van der Waals surface area contributed by atoms with Gasteiger partial charge in [-0.15, -0.1) is 0 Å². The van der Waals surface area contributed by atoms with E-state index in [9.17, 15) is 24.6 Å². The van der Waals surface area contributed by atoms with Crippen molar-refractivity contribution in [3.63, 3.8) is 0 Å². The fraction of sp³-hybridized carbons (Fsp3) is 0.306. The number of likely N-dealkylation sites (N-methyl/N-ethyl adjacent to an activating group) is 1. The number of hydrogen-bond acceptors (Lipinski definition) is 5. The predicted molar refractivity (Wildman–Crippen MR) is 172 cm³/mol. The summed E-state index contributed by atoms with van der Waals surface area (Å²) in [6.07, 6.45) is -0.207. The molecule has 0 aliphatic heterocycles. The lowest BCUT2D eigenvalue weighted by molar-refractivity contribution is -0.142. The van der Waals surface area contributed by atoms with Gasteiger partial charge in [-0.25, -0.2) is 0 Å². The van der Waals surface area contributed by atoms with Gasteiger partial charge in [-0.3, -0.25) is 14.4 Å². The zero-order chi connectivity index (χ0) is 31.6. The smallest absolute Gasteiger partial charge is 0.251 e. The molecule has 4 rings (SSSR count). The highest BCUT2D eigenvalue weighted by atomic mass is 16.3. The topological polar surface area (TPSA) is 119 Å². The zero-order valence-corrected chi connectivity index (χ0v) is 25.5. The molecular weight excluding hydrogens is 554 g/mol. The van der Waals surface area contributed by atoms with Crippen LogP contribution in [0, 0.1) is 6.92 Å². The summed E-state index contributed by atoms with van der Waals surface area (Å²) in [7, 11) is 0. The summed E-state index contributed by atoms with van der Waals surface area (Å²) >= 11 is 0. The van der Waals surface area contributed by atoms with E-state index in [1.807, 2.05) is 79.7 Å². The van der Waals surface area contributed by atoms with Crippen LogP contribution in [0.15, 0.2) is 91.0 Å². The molecule has 4 N–H and O–H groups in total. The van der Waals surface area contributed by atoms with Gasteiger partial charge in [-0.05, 0) is 60.7 Å². The minimum Gasteiger partial charge on any atom is -0.508 e. The van der Waals surface area contributed by atoms with E-state index in [0.29, 0.717) is 30.5 Å². The van der Waals surface area contributed by atoms with Crippen LogP contribution in [0.2, 0.25) is 0 Å². The molecule has 0 aromatic heterocycles. The SMILES string of the molecule is CCNC(=O)C(Cc1ccccc1)N(C(C)=O)C(Cc1cccc2ccccc12)CC(O)CNC(=O)c1cccc(O)c1C. The van der Waals surface area contributed by atoms with Crippen molar-refractivity contribution in [3.05, 3.63) is 113 Å². The van der Waals surface area contributed by atoms with Gasteiger partial charge >= 0.3 is 0 Å². The largest absolute Gasteiger partial charge is 0.508 e. The maximum Gasteiger partial charge on any atom is 0.251 e. The van der Waals surface area contributed by atoms with Crippen LogP contribution < -0.4 is 10.6 Å². The quantitative estimate of drug-likeness (QED) is 0.181. The van der Waals surface area contributed by atoms with Crippen LogP contribution in [0.4, 0.5) is 0 Å². The summed E-state index contributed by atoms with van der Waals surface area (Å²) in [6.45, 7) is 5.28. The Labute approximate surface area is 258 Å². The molecule has 3 atom stereocenters. The van der Waals surface area contributed by atoms with Crippen LogP contribution in [0.25, 0.3) is 10.8 Å². The Hall–Kier alpha value is -4.69. The molecule has 8 nitrogen and oxygen atoms in total. The van der Waals surface area contributed by atoms with Gasteiger partial charge in [0.1, 0.15) is 11.8 Å². The number of carbonyl (C=O) groups excluding carboxylic acids is 3. The number of nitrogens with zero attached hydrogens (tertiary/aromatic N) is 1. The van der Waals surface area contributed by atoms with E-state index in [-0.39, 0.29) is 30.5 Å². The summed E-state index contributed by atoms with van der Waals surface area (Å²) in [5, 5.41) is 29.0. The average molecular weight is 596 g/mol. The fourth-order valence-electron chi connectivity index (χ4n) is 5.77. The fourth-order valence-corrected chi connectivity index (χ4v) is 5.77. The molecule has 3 amide bonds. The van der Waals surface area contributed by atoms with E-state index in [2.05, 4.69) is 10.6 Å². The molecule has 0 spiro atoms. The standard InChI is InChI=1S/C36H41N3O5/c1-4-37-36(44)33(20-26-12-6-5-7-13-26)39(25(3)40)29(21-28-16-10-15-27-14-8-9-17-32(27)28)22-30(41)23-38-35(43)31-18-11-19-34(42)24(31)2/h5-19,29-30,33,41-42H,4,20-23H2,1-3H3,(H,37,44)(H,38,43). The van der Waals surface area contributed by atoms with Crippen molar-refractivity contribution in [2.75, 3.05) is 13.1 Å². The van der Waals surface area contributed by atoms with Gasteiger partial charge in [-0.1, -0.05) is 78.9 Å². The molecule has 0 heterocycles. The number of phenolic OH excluding ortho intramolecular Hbond substituents is 1. The molecule has 0 saturated carbocycles. The van der Waals surface area contributed by atoms with E-state index in [0.717, 1.165) is 21.9 Å². The number of amides is 3. The molecule has 0 aliphatic rings. The first kappa shape index (κ1) is 32.2. The van der Waals surface area contributed by atoms with E-state index >= 15 is 0 Å². The number of rotatable bonds is 13. The van der Waals surface area contributed by atoms with E-state index < -0.39 is 24.1 Å². The van der Waals surface area contributed by atoms with Crippen LogP contribution >= 0.6 is 0 Å². The van der Waals surface area contributed by atoms with Gasteiger partial charge in [0.05, 0.1) is 6.10 Å². The molecule has 4 aromatic rings. The highest BCUT2D eigenvalue weighted by Gasteiger charge is 2.35. The molecule has 44 heavy (non-hydrogen) atoms. The van der Waals surface area contributed by atoms with Crippen molar-refractivity contribution in [3.8, 4) is 5.75 Å². The Kier molecular flexibility index (Phi) is 11.1. The van der Waals surface area contributed by atoms with E-state index in [1.165, 1.54) is 13.0 Å². The summed E-state index contributed by atoms with van der Waals surface area (Å²) in [5.74, 6) is -0.957. The lowest BCUT2D eigenvalue weighted by Gasteiger charge is -2.38. The van der Waals surface area contributed by atoms with Crippen molar-refractivity contribution >= 4 is 28.5 Å². The Bertz CT molecular complexity index is 1580. The Morgan fingerprint density at radius 2 is 1.52 bits per heavy atom. The van der Waals surface area contributed by atoms with Crippen LogP contribution in [0.3, 0.4) is 0 Å². The number of phenols is 1. The molecular formula is C36H41N3O5. The van der Waals surface area contributed by atoms with Gasteiger partial charge in [0.25, 0.3) is 5.91 Å². The van der Waals surface area contributed by atoms with E-state index in [1.54, 1.807) is 24.0 Å². The summed E-state index contributed by atoms with van der Waals surface area (Å²) in [5.41, 5.74) is 2.66. The van der Waals surface area contributed by atoms with Gasteiger partial charge in [0.2, 0.25) is 11.8 Å². The number of hydrogen-bond donors (Lipinski definition) is 4. The molecule has 0 fully saturated rings. The number of carbonyl (C=O) groups is 3. The molecule has 0 saturated heterocycles. The molecule has 0 aliphatic carbocycles. The summed E-state index contributed by atoms with van der Waals surface area (Å²) < 4.78 is 0. The minimum absolute atomic E-state index is 0.0141. The maximum atomic E-state index is 13.5.